The molecular weight excluding hydrogens is 512 g/mol. The van der Waals surface area contributed by atoms with E-state index in [0.717, 1.165) is 16.9 Å². The third kappa shape index (κ3) is 12.0. The van der Waals surface area contributed by atoms with Crippen LogP contribution in [0.25, 0.3) is 0 Å². The van der Waals surface area contributed by atoms with Crippen molar-refractivity contribution in [3.05, 3.63) is 77.9 Å². The Bertz CT molecular complexity index is 1070. The first-order valence-electron chi connectivity index (χ1n) is 13.9. The average Bonchev–Trinajstić information content (AvgIpc) is 2.97. The second kappa shape index (κ2) is 17.8. The number of rotatable bonds is 12. The van der Waals surface area contributed by atoms with Gasteiger partial charge in [-0.15, -0.1) is 0 Å². The highest BCUT2D eigenvalue weighted by atomic mass is 16.5. The Labute approximate surface area is 235 Å². The maximum absolute atomic E-state index is 13.3. The van der Waals surface area contributed by atoms with E-state index in [2.05, 4.69) is 10.6 Å². The standard InChI is InChI=1S/C31H40N2O7/c34-17-19-38-18-16-32-29(35)21-26-10-6-1-2-7-11-30(36)40-23-27(33-31(26)37)20-24-12-14-28(15-13-24)39-22-25-8-4-3-5-9-25/h1,3-6,8-9,12-15,26-27,34H,2,7,10-11,16-23H2,(H,32,35)(H,33,37)/t26-,27+/m1/s1. The molecule has 0 bridgehead atoms. The number of aliphatic hydroxyl groups excluding tert-OH is 1. The number of esters is 1. The molecule has 2 amide bonds. The summed E-state index contributed by atoms with van der Waals surface area (Å²) in [6, 6.07) is 17.1. The lowest BCUT2D eigenvalue weighted by atomic mass is 9.97. The van der Waals surface area contributed by atoms with E-state index in [1.165, 1.54) is 0 Å². The van der Waals surface area contributed by atoms with Crippen molar-refractivity contribution in [1.29, 1.82) is 0 Å². The average molecular weight is 553 g/mol. The van der Waals surface area contributed by atoms with E-state index in [4.69, 9.17) is 19.3 Å². The Balaban J connectivity index is 1.60. The number of amides is 2. The molecule has 0 spiro atoms. The molecule has 9 nitrogen and oxygen atoms in total. The van der Waals surface area contributed by atoms with Crippen molar-refractivity contribution in [3.63, 3.8) is 0 Å². The van der Waals surface area contributed by atoms with Crippen LogP contribution in [0, 0.1) is 5.92 Å². The second-order valence-corrected chi connectivity index (χ2v) is 9.70. The Kier molecular flexibility index (Phi) is 13.7. The third-order valence-electron chi connectivity index (χ3n) is 6.39. The number of hydrogen-bond acceptors (Lipinski definition) is 7. The van der Waals surface area contributed by atoms with Crippen molar-refractivity contribution in [1.82, 2.24) is 10.6 Å². The molecule has 2 aromatic carbocycles. The van der Waals surface area contributed by atoms with E-state index >= 15 is 0 Å². The molecule has 0 aromatic heterocycles. The number of aliphatic hydroxyl groups is 1. The van der Waals surface area contributed by atoms with Crippen molar-refractivity contribution < 1.29 is 33.7 Å². The van der Waals surface area contributed by atoms with E-state index in [-0.39, 0.29) is 50.6 Å². The molecule has 3 rings (SSSR count). The first-order chi connectivity index (χ1) is 19.5. The van der Waals surface area contributed by atoms with Gasteiger partial charge in [-0.2, -0.15) is 0 Å². The maximum atomic E-state index is 13.3. The van der Waals surface area contributed by atoms with Crippen LogP contribution in [0.4, 0.5) is 0 Å². The Morgan fingerprint density at radius 2 is 1.82 bits per heavy atom. The van der Waals surface area contributed by atoms with Gasteiger partial charge < -0.3 is 30.0 Å². The molecule has 0 fully saturated rings. The van der Waals surface area contributed by atoms with E-state index in [0.29, 0.717) is 45.3 Å². The zero-order valence-electron chi connectivity index (χ0n) is 22.9. The number of nitrogens with one attached hydrogen (secondary N) is 2. The lowest BCUT2D eigenvalue weighted by Crippen LogP contribution is -2.44. The van der Waals surface area contributed by atoms with Crippen LogP contribution in [-0.2, 0) is 36.9 Å². The van der Waals surface area contributed by atoms with E-state index in [1.807, 2.05) is 66.7 Å². The van der Waals surface area contributed by atoms with Gasteiger partial charge in [-0.1, -0.05) is 54.6 Å². The molecule has 3 N–H and O–H groups in total. The second-order valence-electron chi connectivity index (χ2n) is 9.70. The molecule has 40 heavy (non-hydrogen) atoms. The lowest BCUT2D eigenvalue weighted by Gasteiger charge is -2.22. The molecule has 0 radical (unpaired) electrons. The summed E-state index contributed by atoms with van der Waals surface area (Å²) in [5.74, 6) is -0.644. The minimum Gasteiger partial charge on any atom is -0.489 e. The van der Waals surface area contributed by atoms with E-state index < -0.39 is 12.0 Å². The molecule has 0 saturated carbocycles. The fourth-order valence-corrected chi connectivity index (χ4v) is 4.23. The number of carbonyl (C=O) groups excluding carboxylic acids is 3. The van der Waals surface area contributed by atoms with Crippen LogP contribution in [0.2, 0.25) is 0 Å². The van der Waals surface area contributed by atoms with Gasteiger partial charge in [0.05, 0.1) is 31.8 Å². The number of allylic oxidation sites excluding steroid dienone is 2. The van der Waals surface area contributed by atoms with Crippen LogP contribution in [0.1, 0.15) is 43.2 Å². The van der Waals surface area contributed by atoms with E-state index in [1.54, 1.807) is 0 Å². The maximum Gasteiger partial charge on any atom is 0.305 e. The Hall–Kier alpha value is -3.69. The normalized spacial score (nSPS) is 18.4. The van der Waals surface area contributed by atoms with Crippen LogP contribution in [-0.4, -0.2) is 61.9 Å². The molecule has 9 heteroatoms. The summed E-state index contributed by atoms with van der Waals surface area (Å²) < 4.78 is 16.5. The summed E-state index contributed by atoms with van der Waals surface area (Å²) in [7, 11) is 0. The molecule has 1 heterocycles. The molecule has 0 saturated heterocycles. The highest BCUT2D eigenvalue weighted by Gasteiger charge is 2.24. The molecule has 0 unspecified atom stereocenters. The molecule has 216 valence electrons. The summed E-state index contributed by atoms with van der Waals surface area (Å²) in [4.78, 5) is 38.0. The number of carbonyl (C=O) groups is 3. The fourth-order valence-electron chi connectivity index (χ4n) is 4.23. The van der Waals surface area contributed by atoms with Gasteiger partial charge >= 0.3 is 5.97 Å². The van der Waals surface area contributed by atoms with Crippen LogP contribution < -0.4 is 15.4 Å². The first kappa shape index (κ1) is 30.8. The highest BCUT2D eigenvalue weighted by Crippen LogP contribution is 2.17. The molecule has 2 atom stereocenters. The topological polar surface area (TPSA) is 123 Å². The van der Waals surface area contributed by atoms with Gasteiger partial charge in [-0.05, 0) is 48.9 Å². The highest BCUT2D eigenvalue weighted by molar-refractivity contribution is 5.86. The third-order valence-corrected chi connectivity index (χ3v) is 6.39. The zero-order valence-corrected chi connectivity index (χ0v) is 22.9. The summed E-state index contributed by atoms with van der Waals surface area (Å²) in [5.41, 5.74) is 2.03. The molecule has 2 aromatic rings. The Morgan fingerprint density at radius 1 is 1.02 bits per heavy atom. The van der Waals surface area contributed by atoms with Gasteiger partial charge in [-0.3, -0.25) is 14.4 Å². The smallest absolute Gasteiger partial charge is 0.305 e. The molecule has 0 aliphatic carbocycles. The van der Waals surface area contributed by atoms with Crippen LogP contribution >= 0.6 is 0 Å². The summed E-state index contributed by atoms with van der Waals surface area (Å²) in [6.45, 7) is 1.23. The minimum absolute atomic E-state index is 0.0239. The fraction of sp³-hybridized carbons (Fsp3) is 0.452. The number of hydrogen-bond donors (Lipinski definition) is 3. The van der Waals surface area contributed by atoms with Crippen molar-refractivity contribution in [3.8, 4) is 5.75 Å². The largest absolute Gasteiger partial charge is 0.489 e. The van der Waals surface area contributed by atoms with Crippen molar-refractivity contribution in [2.75, 3.05) is 33.0 Å². The van der Waals surface area contributed by atoms with Crippen molar-refractivity contribution >= 4 is 17.8 Å². The summed E-state index contributed by atoms with van der Waals surface area (Å²) in [5, 5.41) is 14.5. The zero-order chi connectivity index (χ0) is 28.4. The van der Waals surface area contributed by atoms with Gasteiger partial charge in [0.2, 0.25) is 11.8 Å². The number of cyclic esters (lactones) is 1. The van der Waals surface area contributed by atoms with Gasteiger partial charge in [0.25, 0.3) is 0 Å². The van der Waals surface area contributed by atoms with Crippen molar-refractivity contribution in [2.24, 2.45) is 5.92 Å². The Morgan fingerprint density at radius 3 is 2.60 bits per heavy atom. The monoisotopic (exact) mass is 552 g/mol. The van der Waals surface area contributed by atoms with Crippen LogP contribution in [0.15, 0.2) is 66.7 Å². The van der Waals surface area contributed by atoms with Crippen LogP contribution in [0.5, 0.6) is 5.75 Å². The van der Waals surface area contributed by atoms with Gasteiger partial charge in [0, 0.05) is 19.4 Å². The SMILES string of the molecule is O=C(C[C@H]1CC=CCCCC(=O)OC[C@H](Cc2ccc(OCc3ccccc3)cc2)NC1=O)NCCOCCO. The number of ether oxygens (including phenoxy) is 3. The number of benzene rings is 2. The van der Waals surface area contributed by atoms with Crippen molar-refractivity contribution in [2.45, 2.75) is 51.2 Å². The predicted molar refractivity (Wildman–Crippen MR) is 150 cm³/mol. The summed E-state index contributed by atoms with van der Waals surface area (Å²) >= 11 is 0. The molecule has 1 aliphatic rings. The molecule has 1 aliphatic heterocycles. The molecular formula is C31H40N2O7. The van der Waals surface area contributed by atoms with Gasteiger partial charge in [-0.25, -0.2) is 0 Å². The van der Waals surface area contributed by atoms with Crippen LogP contribution in [0.3, 0.4) is 0 Å². The minimum atomic E-state index is -0.567. The van der Waals surface area contributed by atoms with Gasteiger partial charge in [0.1, 0.15) is 19.0 Å². The van der Waals surface area contributed by atoms with E-state index in [9.17, 15) is 14.4 Å². The quantitative estimate of drug-likeness (QED) is 0.210. The predicted octanol–water partition coefficient (Wildman–Crippen LogP) is 3.10. The van der Waals surface area contributed by atoms with Gasteiger partial charge in [0.15, 0.2) is 0 Å². The lowest BCUT2D eigenvalue weighted by molar-refractivity contribution is -0.145. The summed E-state index contributed by atoms with van der Waals surface area (Å²) in [6.07, 6.45) is 6.38. The first-order valence-corrected chi connectivity index (χ1v) is 13.9.